The summed E-state index contributed by atoms with van der Waals surface area (Å²) in [6.07, 6.45) is 0.905. The van der Waals surface area contributed by atoms with Crippen LogP contribution in [0.15, 0.2) is 36.4 Å². The van der Waals surface area contributed by atoms with Crippen LogP contribution in [0, 0.1) is 19.7 Å². The van der Waals surface area contributed by atoms with Crippen LogP contribution in [0.2, 0.25) is 5.02 Å². The molecule has 1 N–H and O–H groups in total. The summed E-state index contributed by atoms with van der Waals surface area (Å²) >= 11 is 6.25. The fourth-order valence-electron chi connectivity index (χ4n) is 2.65. The van der Waals surface area contributed by atoms with E-state index in [-0.39, 0.29) is 18.7 Å². The lowest BCUT2D eigenvalue weighted by Crippen LogP contribution is -2.33. The van der Waals surface area contributed by atoms with Crippen molar-refractivity contribution < 1.29 is 17.6 Å². The monoisotopic (exact) mass is 398 g/mol. The molecule has 2 rings (SSSR count). The van der Waals surface area contributed by atoms with Crippen molar-refractivity contribution in [2.24, 2.45) is 0 Å². The van der Waals surface area contributed by atoms with E-state index in [1.807, 2.05) is 13.0 Å². The summed E-state index contributed by atoms with van der Waals surface area (Å²) < 4.78 is 39.2. The number of carbonyl (C=O) groups excluding carboxylic acids is 1. The number of hydrogen-bond acceptors (Lipinski definition) is 3. The lowest BCUT2D eigenvalue weighted by Gasteiger charge is -2.25. The molecule has 5 nitrogen and oxygen atoms in total. The Labute approximate surface area is 157 Å². The number of hydrogen-bond donors (Lipinski definition) is 1. The summed E-state index contributed by atoms with van der Waals surface area (Å²) in [6, 6.07) is 9.26. The molecular formula is C18H20ClFN2O3S. The van der Waals surface area contributed by atoms with Crippen molar-refractivity contribution in [1.29, 1.82) is 0 Å². The van der Waals surface area contributed by atoms with Gasteiger partial charge in [-0.25, -0.2) is 12.8 Å². The number of para-hydroxylation sites is 1. The largest absolute Gasteiger partial charge is 0.324 e. The van der Waals surface area contributed by atoms with E-state index in [2.05, 4.69) is 5.32 Å². The van der Waals surface area contributed by atoms with Crippen LogP contribution in [0.4, 0.5) is 15.8 Å². The van der Waals surface area contributed by atoms with E-state index in [0.717, 1.165) is 16.1 Å². The Bertz CT molecular complexity index is 909. The van der Waals surface area contributed by atoms with Gasteiger partial charge in [0.1, 0.15) is 5.82 Å². The van der Waals surface area contributed by atoms with Crippen LogP contribution in [-0.4, -0.2) is 27.1 Å². The molecule has 140 valence electrons. The maximum absolute atomic E-state index is 13.6. The van der Waals surface area contributed by atoms with Crippen LogP contribution in [0.1, 0.15) is 17.5 Å². The second-order valence-electron chi connectivity index (χ2n) is 6.03. The number of rotatable bonds is 6. The predicted octanol–water partition coefficient (Wildman–Crippen LogP) is 3.89. The minimum absolute atomic E-state index is 0.0490. The van der Waals surface area contributed by atoms with Crippen LogP contribution < -0.4 is 9.62 Å². The van der Waals surface area contributed by atoms with E-state index in [9.17, 15) is 17.6 Å². The third kappa shape index (κ3) is 4.95. The van der Waals surface area contributed by atoms with Crippen LogP contribution in [0.5, 0.6) is 0 Å². The second-order valence-corrected chi connectivity index (χ2v) is 8.34. The first-order valence-electron chi connectivity index (χ1n) is 7.88. The van der Waals surface area contributed by atoms with E-state index in [1.165, 1.54) is 18.2 Å². The number of anilines is 2. The fourth-order valence-corrected chi connectivity index (χ4v) is 4.12. The first-order valence-corrected chi connectivity index (χ1v) is 10.1. The van der Waals surface area contributed by atoms with Crippen molar-refractivity contribution in [2.75, 3.05) is 22.4 Å². The van der Waals surface area contributed by atoms with Crippen molar-refractivity contribution >= 4 is 38.9 Å². The van der Waals surface area contributed by atoms with Gasteiger partial charge in [-0.05, 0) is 43.2 Å². The highest BCUT2D eigenvalue weighted by Gasteiger charge is 2.23. The quantitative estimate of drug-likeness (QED) is 0.802. The highest BCUT2D eigenvalue weighted by atomic mass is 35.5. The molecule has 0 fully saturated rings. The molecule has 0 saturated carbocycles. The lowest BCUT2D eigenvalue weighted by molar-refractivity contribution is -0.116. The Morgan fingerprint density at radius 2 is 1.88 bits per heavy atom. The highest BCUT2D eigenvalue weighted by molar-refractivity contribution is 7.92. The zero-order chi connectivity index (χ0) is 19.5. The third-order valence-corrected chi connectivity index (χ3v) is 5.19. The molecule has 2 aromatic rings. The molecule has 0 unspecified atom stereocenters. The average molecular weight is 399 g/mol. The Kier molecular flexibility index (Phi) is 6.26. The number of nitrogens with one attached hydrogen (secondary N) is 1. The predicted molar refractivity (Wildman–Crippen MR) is 103 cm³/mol. The third-order valence-electron chi connectivity index (χ3n) is 3.74. The molecule has 0 saturated heterocycles. The molecule has 8 heteroatoms. The number of carbonyl (C=O) groups is 1. The van der Waals surface area contributed by atoms with E-state index in [0.29, 0.717) is 16.3 Å². The lowest BCUT2D eigenvalue weighted by atomic mass is 10.1. The van der Waals surface area contributed by atoms with Crippen LogP contribution in [0.25, 0.3) is 0 Å². The molecular weight excluding hydrogens is 379 g/mol. The standard InChI is InChI=1S/C18H20ClFN2O3S/c1-12-10-13(2)18(14(19)11-12)22(26(3,24)25)9-8-17(23)21-16-7-5-4-6-15(16)20/h4-7,10-11H,8-9H2,1-3H3,(H,21,23). The van der Waals surface area contributed by atoms with Gasteiger partial charge in [-0.3, -0.25) is 9.10 Å². The van der Waals surface area contributed by atoms with E-state index >= 15 is 0 Å². The van der Waals surface area contributed by atoms with Gasteiger partial charge in [-0.2, -0.15) is 0 Å². The molecule has 0 aliphatic carbocycles. The highest BCUT2D eigenvalue weighted by Crippen LogP contribution is 2.32. The summed E-state index contributed by atoms with van der Waals surface area (Å²) in [5.41, 5.74) is 1.99. The maximum atomic E-state index is 13.6. The van der Waals surface area contributed by atoms with Gasteiger partial charge in [0.05, 0.1) is 22.7 Å². The van der Waals surface area contributed by atoms with Gasteiger partial charge in [0.2, 0.25) is 15.9 Å². The van der Waals surface area contributed by atoms with Gasteiger partial charge >= 0.3 is 0 Å². The zero-order valence-electron chi connectivity index (χ0n) is 14.7. The van der Waals surface area contributed by atoms with Gasteiger partial charge in [-0.1, -0.05) is 29.8 Å². The molecule has 0 aliphatic heterocycles. The van der Waals surface area contributed by atoms with Gasteiger partial charge in [-0.15, -0.1) is 0 Å². The summed E-state index contributed by atoms with van der Waals surface area (Å²) in [7, 11) is -3.66. The van der Waals surface area contributed by atoms with Crippen molar-refractivity contribution in [1.82, 2.24) is 0 Å². The number of nitrogens with zero attached hydrogens (tertiary/aromatic N) is 1. The molecule has 0 bridgehead atoms. The summed E-state index contributed by atoms with van der Waals surface area (Å²) in [5, 5.41) is 2.73. The van der Waals surface area contributed by atoms with Gasteiger partial charge in [0.15, 0.2) is 0 Å². The number of benzene rings is 2. The van der Waals surface area contributed by atoms with Crippen LogP contribution in [-0.2, 0) is 14.8 Å². The van der Waals surface area contributed by atoms with Crippen molar-refractivity contribution in [3.8, 4) is 0 Å². The Morgan fingerprint density at radius 1 is 1.23 bits per heavy atom. The van der Waals surface area contributed by atoms with E-state index in [4.69, 9.17) is 11.6 Å². The molecule has 0 aliphatic rings. The number of halogens is 2. The Balaban J connectivity index is 2.20. The number of aryl methyl sites for hydroxylation is 2. The molecule has 1 amide bonds. The molecule has 0 heterocycles. The first-order chi connectivity index (χ1) is 12.1. The molecule has 0 radical (unpaired) electrons. The van der Waals surface area contributed by atoms with Crippen molar-refractivity contribution in [2.45, 2.75) is 20.3 Å². The molecule has 2 aromatic carbocycles. The summed E-state index contributed by atoms with van der Waals surface area (Å²) in [5.74, 6) is -1.05. The van der Waals surface area contributed by atoms with Crippen LogP contribution >= 0.6 is 11.6 Å². The minimum Gasteiger partial charge on any atom is -0.324 e. The number of amides is 1. The number of sulfonamides is 1. The summed E-state index contributed by atoms with van der Waals surface area (Å²) in [6.45, 7) is 3.50. The zero-order valence-corrected chi connectivity index (χ0v) is 16.3. The maximum Gasteiger partial charge on any atom is 0.232 e. The van der Waals surface area contributed by atoms with Gasteiger partial charge < -0.3 is 5.32 Å². The minimum atomic E-state index is -3.66. The second kappa shape index (κ2) is 8.05. The normalized spacial score (nSPS) is 11.3. The fraction of sp³-hybridized carbons (Fsp3) is 0.278. The van der Waals surface area contributed by atoms with E-state index < -0.39 is 21.7 Å². The molecule has 0 spiro atoms. The molecule has 0 aromatic heterocycles. The van der Waals surface area contributed by atoms with Gasteiger partial charge in [0.25, 0.3) is 0 Å². The Morgan fingerprint density at radius 3 is 2.46 bits per heavy atom. The SMILES string of the molecule is Cc1cc(C)c(N(CCC(=O)Nc2ccccc2F)S(C)(=O)=O)c(Cl)c1. The molecule has 26 heavy (non-hydrogen) atoms. The first kappa shape index (κ1) is 20.2. The smallest absolute Gasteiger partial charge is 0.232 e. The van der Waals surface area contributed by atoms with Crippen LogP contribution in [0.3, 0.4) is 0 Å². The summed E-state index contributed by atoms with van der Waals surface area (Å²) in [4.78, 5) is 12.1. The van der Waals surface area contributed by atoms with Crippen molar-refractivity contribution in [3.05, 3.63) is 58.4 Å². The van der Waals surface area contributed by atoms with E-state index in [1.54, 1.807) is 19.1 Å². The van der Waals surface area contributed by atoms with Crippen molar-refractivity contribution in [3.63, 3.8) is 0 Å². The molecule has 0 atom stereocenters. The van der Waals surface area contributed by atoms with Gasteiger partial charge in [0, 0.05) is 13.0 Å². The Hall–Kier alpha value is -2.12. The topological polar surface area (TPSA) is 66.5 Å². The average Bonchev–Trinajstić information content (AvgIpc) is 2.50.